The summed E-state index contributed by atoms with van der Waals surface area (Å²) in [6.45, 7) is 9.99. The van der Waals surface area contributed by atoms with Gasteiger partial charge in [0.1, 0.15) is 28.2 Å². The number of allylic oxidation sites excluding steroid dienone is 6. The maximum Gasteiger partial charge on any atom is 0.238 e. The predicted molar refractivity (Wildman–Crippen MR) is 144 cm³/mol. The Bertz CT molecular complexity index is 1430. The largest absolute Gasteiger partial charge is 0.508 e. The van der Waals surface area contributed by atoms with Crippen molar-refractivity contribution >= 4 is 11.0 Å². The first-order valence-corrected chi connectivity index (χ1v) is 12.0. The van der Waals surface area contributed by atoms with Gasteiger partial charge in [-0.3, -0.25) is 4.79 Å². The number of fused-ring (bicyclic) bond motifs is 1. The van der Waals surface area contributed by atoms with E-state index in [0.29, 0.717) is 23.1 Å². The van der Waals surface area contributed by atoms with Crippen LogP contribution in [0.3, 0.4) is 0 Å². The molecule has 0 aliphatic heterocycles. The first-order chi connectivity index (χ1) is 17.0. The van der Waals surface area contributed by atoms with E-state index in [4.69, 9.17) is 4.42 Å². The van der Waals surface area contributed by atoms with Crippen LogP contribution in [-0.4, -0.2) is 20.4 Å². The van der Waals surface area contributed by atoms with Gasteiger partial charge in [0.15, 0.2) is 5.76 Å². The molecule has 0 spiro atoms. The predicted octanol–water partition coefficient (Wildman–Crippen LogP) is 7.03. The Hall–Kier alpha value is -3.93. The number of phenolic OH excluding ortho intramolecular Hbond substituents is 3. The van der Waals surface area contributed by atoms with Crippen LogP contribution in [0.25, 0.3) is 22.3 Å². The lowest BCUT2D eigenvalue weighted by Crippen LogP contribution is -2.05. The van der Waals surface area contributed by atoms with Gasteiger partial charge in [0.2, 0.25) is 11.2 Å². The molecule has 0 bridgehead atoms. The van der Waals surface area contributed by atoms with Gasteiger partial charge in [0.05, 0.1) is 0 Å². The lowest BCUT2D eigenvalue weighted by molar-refractivity contribution is 0.435. The van der Waals surface area contributed by atoms with Crippen molar-refractivity contribution in [2.45, 2.75) is 60.3 Å². The van der Waals surface area contributed by atoms with Crippen LogP contribution in [0.1, 0.15) is 58.6 Å². The zero-order chi connectivity index (χ0) is 26.6. The summed E-state index contributed by atoms with van der Waals surface area (Å²) in [7, 11) is 0. The highest BCUT2D eigenvalue weighted by molar-refractivity contribution is 5.91. The summed E-state index contributed by atoms with van der Waals surface area (Å²) in [6, 6.07) is 5.78. The van der Waals surface area contributed by atoms with E-state index in [1.165, 1.54) is 17.2 Å². The molecule has 0 unspecified atom stereocenters. The van der Waals surface area contributed by atoms with Crippen LogP contribution in [0.15, 0.2) is 68.4 Å². The molecule has 0 aliphatic rings. The first-order valence-electron chi connectivity index (χ1n) is 12.0. The highest BCUT2D eigenvalue weighted by Crippen LogP contribution is 2.39. The molecule has 4 N–H and O–H groups in total. The third-order valence-electron chi connectivity index (χ3n) is 6.02. The van der Waals surface area contributed by atoms with Gasteiger partial charge in [-0.15, -0.1) is 0 Å². The number of rotatable bonds is 8. The van der Waals surface area contributed by atoms with Gasteiger partial charge in [-0.25, -0.2) is 0 Å². The SMILES string of the molecule is CC(C)=CCCC(C)=CCc1cc(-c2oc3c(CC=C(C)C)c(O)cc(O)c3c(=O)c2O)ccc1O. The number of hydrogen-bond acceptors (Lipinski definition) is 6. The van der Waals surface area contributed by atoms with Gasteiger partial charge in [-0.05, 0) is 84.1 Å². The fourth-order valence-corrected chi connectivity index (χ4v) is 3.94. The summed E-state index contributed by atoms with van der Waals surface area (Å²) in [5.41, 5.74) is 4.01. The van der Waals surface area contributed by atoms with Crippen LogP contribution >= 0.6 is 0 Å². The molecule has 0 saturated carbocycles. The van der Waals surface area contributed by atoms with Gasteiger partial charge < -0.3 is 24.8 Å². The Morgan fingerprint density at radius 1 is 0.833 bits per heavy atom. The Balaban J connectivity index is 2.09. The molecule has 0 atom stereocenters. The second-order valence-corrected chi connectivity index (χ2v) is 9.61. The Morgan fingerprint density at radius 2 is 1.53 bits per heavy atom. The van der Waals surface area contributed by atoms with E-state index in [0.717, 1.165) is 24.5 Å². The molecule has 3 rings (SSSR count). The summed E-state index contributed by atoms with van der Waals surface area (Å²) in [5, 5.41) is 41.7. The van der Waals surface area contributed by atoms with Gasteiger partial charge in [0, 0.05) is 17.2 Å². The second-order valence-electron chi connectivity index (χ2n) is 9.61. The van der Waals surface area contributed by atoms with Crippen LogP contribution in [0.5, 0.6) is 23.0 Å². The van der Waals surface area contributed by atoms with E-state index in [1.54, 1.807) is 12.1 Å². The molecule has 0 radical (unpaired) electrons. The number of hydrogen-bond donors (Lipinski definition) is 4. The summed E-state index contributed by atoms with van der Waals surface area (Å²) in [4.78, 5) is 13.0. The first kappa shape index (κ1) is 26.7. The minimum absolute atomic E-state index is 0.00689. The quantitative estimate of drug-likeness (QED) is 0.252. The van der Waals surface area contributed by atoms with Crippen molar-refractivity contribution in [3.8, 4) is 34.3 Å². The van der Waals surface area contributed by atoms with Crippen LogP contribution in [-0.2, 0) is 12.8 Å². The third kappa shape index (κ3) is 6.00. The van der Waals surface area contributed by atoms with Gasteiger partial charge in [0.25, 0.3) is 0 Å². The Labute approximate surface area is 211 Å². The van der Waals surface area contributed by atoms with Crippen molar-refractivity contribution in [1.29, 1.82) is 0 Å². The van der Waals surface area contributed by atoms with Crippen LogP contribution in [0.4, 0.5) is 0 Å². The Morgan fingerprint density at radius 3 is 2.19 bits per heavy atom. The minimum atomic E-state index is -0.799. The average molecular weight is 491 g/mol. The molecule has 1 heterocycles. The lowest BCUT2D eigenvalue weighted by atomic mass is 10.0. The molecule has 0 aliphatic carbocycles. The molecular weight excluding hydrogens is 456 g/mol. The van der Waals surface area contributed by atoms with Crippen molar-refractivity contribution in [3.63, 3.8) is 0 Å². The minimum Gasteiger partial charge on any atom is -0.508 e. The van der Waals surface area contributed by atoms with Gasteiger partial charge in [-0.2, -0.15) is 0 Å². The maximum atomic E-state index is 13.0. The van der Waals surface area contributed by atoms with Crippen molar-refractivity contribution < 1.29 is 24.8 Å². The molecule has 6 heteroatoms. The molecule has 6 nitrogen and oxygen atoms in total. The number of benzene rings is 2. The van der Waals surface area contributed by atoms with Gasteiger partial charge >= 0.3 is 0 Å². The maximum absolute atomic E-state index is 13.0. The smallest absolute Gasteiger partial charge is 0.238 e. The van der Waals surface area contributed by atoms with E-state index in [2.05, 4.69) is 19.9 Å². The summed E-state index contributed by atoms with van der Waals surface area (Å²) in [5.74, 6) is -1.34. The number of phenols is 3. The van der Waals surface area contributed by atoms with E-state index in [1.807, 2.05) is 32.9 Å². The lowest BCUT2D eigenvalue weighted by Gasteiger charge is -2.12. The van der Waals surface area contributed by atoms with Crippen molar-refractivity contribution in [2.75, 3.05) is 0 Å². The molecule has 0 amide bonds. The molecule has 3 aromatic rings. The molecule has 190 valence electrons. The normalized spacial score (nSPS) is 11.5. The molecule has 0 fully saturated rings. The fraction of sp³-hybridized carbons (Fsp3) is 0.300. The third-order valence-corrected chi connectivity index (χ3v) is 6.02. The topological polar surface area (TPSA) is 111 Å². The van der Waals surface area contributed by atoms with Crippen LogP contribution in [0.2, 0.25) is 0 Å². The zero-order valence-electron chi connectivity index (χ0n) is 21.5. The molecule has 0 saturated heterocycles. The molecule has 36 heavy (non-hydrogen) atoms. The highest BCUT2D eigenvalue weighted by Gasteiger charge is 2.22. The van der Waals surface area contributed by atoms with E-state index < -0.39 is 16.9 Å². The van der Waals surface area contributed by atoms with E-state index in [9.17, 15) is 25.2 Å². The standard InChI is InChI=1S/C30H34O6/c1-17(2)7-6-8-19(5)10-11-20-15-21(12-14-23(20)31)29-28(35)27(34)26-25(33)16-24(32)22(30(26)36-29)13-9-18(3)4/h7,9-10,12,14-16,31-33,35H,6,8,11,13H2,1-5H3. The van der Waals surface area contributed by atoms with Crippen LogP contribution in [0, 0.1) is 0 Å². The fourth-order valence-electron chi connectivity index (χ4n) is 3.94. The van der Waals surface area contributed by atoms with Crippen molar-refractivity contribution in [3.05, 3.63) is 80.6 Å². The molecule has 1 aromatic heterocycles. The molecular formula is C30H34O6. The van der Waals surface area contributed by atoms with Crippen molar-refractivity contribution in [2.24, 2.45) is 0 Å². The summed E-state index contributed by atoms with van der Waals surface area (Å²) >= 11 is 0. The van der Waals surface area contributed by atoms with Crippen LogP contribution < -0.4 is 5.43 Å². The average Bonchev–Trinajstić information content (AvgIpc) is 2.79. The van der Waals surface area contributed by atoms with E-state index >= 15 is 0 Å². The summed E-state index contributed by atoms with van der Waals surface area (Å²) in [6.07, 6.45) is 8.68. The van der Waals surface area contributed by atoms with Gasteiger partial charge in [-0.1, -0.05) is 34.9 Å². The van der Waals surface area contributed by atoms with Crippen molar-refractivity contribution in [1.82, 2.24) is 0 Å². The number of aromatic hydroxyl groups is 4. The van der Waals surface area contributed by atoms with E-state index in [-0.39, 0.29) is 34.6 Å². The molecule has 2 aromatic carbocycles. The monoisotopic (exact) mass is 490 g/mol. The second kappa shape index (κ2) is 11.2. The highest BCUT2D eigenvalue weighted by atomic mass is 16.4. The Kier molecular flexibility index (Phi) is 8.30. The summed E-state index contributed by atoms with van der Waals surface area (Å²) < 4.78 is 5.98. The zero-order valence-corrected chi connectivity index (χ0v) is 21.5.